The highest BCUT2D eigenvalue weighted by Crippen LogP contribution is 2.26. The summed E-state index contributed by atoms with van der Waals surface area (Å²) in [6, 6.07) is 9.27. The van der Waals surface area contributed by atoms with E-state index in [1.807, 2.05) is 12.1 Å². The van der Waals surface area contributed by atoms with Crippen molar-refractivity contribution in [3.63, 3.8) is 0 Å². The smallest absolute Gasteiger partial charge is 0.287 e. The molecule has 1 saturated heterocycles. The van der Waals surface area contributed by atoms with Gasteiger partial charge in [-0.15, -0.1) is 0 Å². The van der Waals surface area contributed by atoms with Crippen LogP contribution >= 0.6 is 11.6 Å². The molecule has 0 atom stereocenters. The van der Waals surface area contributed by atoms with E-state index in [1.54, 1.807) is 25.4 Å². The zero-order valence-electron chi connectivity index (χ0n) is 13.3. The van der Waals surface area contributed by atoms with E-state index in [-0.39, 0.29) is 16.7 Å². The first kappa shape index (κ1) is 16.3. The molecule has 7 heteroatoms. The predicted molar refractivity (Wildman–Crippen MR) is 91.5 cm³/mol. The molecule has 0 N–H and O–H groups in total. The molecule has 0 spiro atoms. The largest absolute Gasteiger partial charge is 0.490 e. The molecule has 0 amide bonds. The third-order valence-corrected chi connectivity index (χ3v) is 4.46. The van der Waals surface area contributed by atoms with Gasteiger partial charge >= 0.3 is 0 Å². The van der Waals surface area contributed by atoms with Crippen molar-refractivity contribution in [2.45, 2.75) is 18.9 Å². The molecule has 24 heavy (non-hydrogen) atoms. The van der Waals surface area contributed by atoms with E-state index in [1.165, 1.54) is 4.68 Å². The lowest BCUT2D eigenvalue weighted by atomic mass is 10.1. The minimum absolute atomic E-state index is 0.0773. The van der Waals surface area contributed by atoms with Crippen LogP contribution in [0, 0.1) is 11.3 Å². The van der Waals surface area contributed by atoms with Gasteiger partial charge in [-0.3, -0.25) is 4.79 Å². The Morgan fingerprint density at radius 2 is 2.12 bits per heavy atom. The Morgan fingerprint density at radius 3 is 2.83 bits per heavy atom. The summed E-state index contributed by atoms with van der Waals surface area (Å²) in [4.78, 5) is 13.9. The van der Waals surface area contributed by atoms with Crippen molar-refractivity contribution in [1.29, 1.82) is 5.26 Å². The second-order valence-electron chi connectivity index (χ2n) is 5.72. The summed E-state index contributed by atoms with van der Waals surface area (Å²) >= 11 is 6.15. The van der Waals surface area contributed by atoms with Crippen LogP contribution < -0.4 is 15.2 Å². The number of nitriles is 1. The van der Waals surface area contributed by atoms with Gasteiger partial charge < -0.3 is 9.64 Å². The highest BCUT2D eigenvalue weighted by Gasteiger charge is 2.23. The zero-order valence-corrected chi connectivity index (χ0v) is 14.0. The Balaban J connectivity index is 1.65. The number of ether oxygens (including phenoxy) is 1. The molecule has 0 bridgehead atoms. The molecule has 1 aliphatic rings. The number of rotatable bonds is 3. The van der Waals surface area contributed by atoms with E-state index in [0.717, 1.165) is 25.9 Å². The van der Waals surface area contributed by atoms with Crippen LogP contribution in [0.5, 0.6) is 5.75 Å². The number of piperidine rings is 1. The lowest BCUT2D eigenvalue weighted by Gasteiger charge is -2.33. The van der Waals surface area contributed by atoms with E-state index >= 15 is 0 Å². The van der Waals surface area contributed by atoms with Gasteiger partial charge in [-0.05, 0) is 18.2 Å². The van der Waals surface area contributed by atoms with E-state index in [9.17, 15) is 4.79 Å². The number of hydrogen-bond acceptors (Lipinski definition) is 5. The summed E-state index contributed by atoms with van der Waals surface area (Å²) in [6.07, 6.45) is 3.32. The van der Waals surface area contributed by atoms with Crippen molar-refractivity contribution < 1.29 is 4.74 Å². The van der Waals surface area contributed by atoms with Crippen molar-refractivity contribution >= 4 is 17.3 Å². The highest BCUT2D eigenvalue weighted by atomic mass is 35.5. The summed E-state index contributed by atoms with van der Waals surface area (Å²) in [5.41, 5.74) is 0.966. The van der Waals surface area contributed by atoms with Crippen LogP contribution in [0.1, 0.15) is 18.4 Å². The van der Waals surface area contributed by atoms with Gasteiger partial charge in [0.05, 0.1) is 23.5 Å². The first-order valence-electron chi connectivity index (χ1n) is 7.72. The average Bonchev–Trinajstić information content (AvgIpc) is 2.61. The van der Waals surface area contributed by atoms with E-state index in [0.29, 0.717) is 17.0 Å². The van der Waals surface area contributed by atoms with Crippen LogP contribution in [0.3, 0.4) is 0 Å². The van der Waals surface area contributed by atoms with Crippen molar-refractivity contribution in [3.8, 4) is 11.8 Å². The van der Waals surface area contributed by atoms with E-state index in [2.05, 4.69) is 16.1 Å². The maximum absolute atomic E-state index is 11.9. The molecule has 0 radical (unpaired) electrons. The summed E-state index contributed by atoms with van der Waals surface area (Å²) < 4.78 is 7.19. The number of aromatic nitrogens is 2. The van der Waals surface area contributed by atoms with Gasteiger partial charge in [0.2, 0.25) is 0 Å². The summed E-state index contributed by atoms with van der Waals surface area (Å²) in [7, 11) is 1.58. The first-order valence-corrected chi connectivity index (χ1v) is 8.10. The number of benzene rings is 1. The topological polar surface area (TPSA) is 71.2 Å². The normalized spacial score (nSPS) is 15.1. The molecule has 3 rings (SSSR count). The summed E-state index contributed by atoms with van der Waals surface area (Å²) in [6.45, 7) is 1.47. The molecule has 124 valence electrons. The predicted octanol–water partition coefficient (Wildman–Crippen LogP) is 2.35. The van der Waals surface area contributed by atoms with Gasteiger partial charge in [0, 0.05) is 33.0 Å². The minimum Gasteiger partial charge on any atom is -0.490 e. The van der Waals surface area contributed by atoms with Crippen LogP contribution in [-0.2, 0) is 7.05 Å². The molecular formula is C17H17ClN4O2. The van der Waals surface area contributed by atoms with Crippen LogP contribution in [0.25, 0.3) is 0 Å². The number of nitrogens with zero attached hydrogens (tertiary/aromatic N) is 4. The van der Waals surface area contributed by atoms with E-state index < -0.39 is 0 Å². The fourth-order valence-corrected chi connectivity index (χ4v) is 3.06. The third-order valence-electron chi connectivity index (χ3n) is 4.11. The SMILES string of the molecule is Cn1ncc(N2CCC(Oc3cccc(C#N)c3)CC2)c(Cl)c1=O. The lowest BCUT2D eigenvalue weighted by molar-refractivity contribution is 0.171. The zero-order chi connectivity index (χ0) is 17.1. The molecule has 0 unspecified atom stereocenters. The molecule has 6 nitrogen and oxygen atoms in total. The van der Waals surface area contributed by atoms with Crippen molar-refractivity contribution in [2.75, 3.05) is 18.0 Å². The Labute approximate surface area is 144 Å². The fourth-order valence-electron chi connectivity index (χ4n) is 2.77. The molecule has 0 saturated carbocycles. The van der Waals surface area contributed by atoms with Gasteiger partial charge in [0.15, 0.2) is 0 Å². The van der Waals surface area contributed by atoms with Gasteiger partial charge in [0.1, 0.15) is 16.9 Å². The molecule has 2 heterocycles. The quantitative estimate of drug-likeness (QED) is 0.854. The number of anilines is 1. The van der Waals surface area contributed by atoms with Gasteiger partial charge in [-0.1, -0.05) is 17.7 Å². The van der Waals surface area contributed by atoms with Crippen LogP contribution in [0.4, 0.5) is 5.69 Å². The maximum Gasteiger partial charge on any atom is 0.287 e. The molecule has 2 aromatic rings. The summed E-state index contributed by atoms with van der Waals surface area (Å²) in [5.74, 6) is 0.709. The molecule has 1 aliphatic heterocycles. The fraction of sp³-hybridized carbons (Fsp3) is 0.353. The molecule has 1 fully saturated rings. The lowest BCUT2D eigenvalue weighted by Crippen LogP contribution is -2.39. The van der Waals surface area contributed by atoms with Gasteiger partial charge in [-0.25, -0.2) is 4.68 Å². The van der Waals surface area contributed by atoms with Gasteiger partial charge in [0.25, 0.3) is 5.56 Å². The second-order valence-corrected chi connectivity index (χ2v) is 6.09. The van der Waals surface area contributed by atoms with Crippen molar-refractivity contribution in [2.24, 2.45) is 7.05 Å². The Hall–Kier alpha value is -2.52. The maximum atomic E-state index is 11.9. The number of aryl methyl sites for hydroxylation is 1. The Bertz CT molecular complexity index is 835. The molecule has 0 aliphatic carbocycles. The second kappa shape index (κ2) is 6.93. The highest BCUT2D eigenvalue weighted by molar-refractivity contribution is 6.33. The average molecular weight is 345 g/mol. The molecular weight excluding hydrogens is 328 g/mol. The third kappa shape index (κ3) is 3.36. The van der Waals surface area contributed by atoms with Crippen LogP contribution in [0.15, 0.2) is 35.3 Å². The Morgan fingerprint density at radius 1 is 1.38 bits per heavy atom. The molecule has 1 aromatic heterocycles. The van der Waals surface area contributed by atoms with E-state index in [4.69, 9.17) is 21.6 Å². The summed E-state index contributed by atoms with van der Waals surface area (Å²) in [5, 5.41) is 13.2. The van der Waals surface area contributed by atoms with Crippen molar-refractivity contribution in [3.05, 3.63) is 51.4 Å². The Kier molecular flexibility index (Phi) is 4.72. The monoisotopic (exact) mass is 344 g/mol. The van der Waals surface area contributed by atoms with Crippen LogP contribution in [-0.4, -0.2) is 29.0 Å². The minimum atomic E-state index is -0.291. The number of halogens is 1. The number of hydrogen-bond donors (Lipinski definition) is 0. The molecule has 1 aromatic carbocycles. The first-order chi connectivity index (χ1) is 11.6. The van der Waals surface area contributed by atoms with Crippen molar-refractivity contribution in [1.82, 2.24) is 9.78 Å². The van der Waals surface area contributed by atoms with Gasteiger partial charge in [-0.2, -0.15) is 10.4 Å². The standard InChI is InChI=1S/C17H17ClN4O2/c1-21-17(23)16(18)15(11-20-21)22-7-5-13(6-8-22)24-14-4-2-3-12(9-14)10-19/h2-4,9,11,13H,5-8H2,1H3. The van der Waals surface area contributed by atoms with Crippen LogP contribution in [0.2, 0.25) is 5.02 Å².